The van der Waals surface area contributed by atoms with Crippen LogP contribution in [-0.4, -0.2) is 31.1 Å². The van der Waals surface area contributed by atoms with Crippen molar-refractivity contribution < 1.29 is 8.78 Å². The van der Waals surface area contributed by atoms with Gasteiger partial charge in [-0.3, -0.25) is 0 Å². The van der Waals surface area contributed by atoms with E-state index in [1.54, 1.807) is 0 Å². The van der Waals surface area contributed by atoms with Crippen LogP contribution < -0.4 is 5.32 Å². The summed E-state index contributed by atoms with van der Waals surface area (Å²) in [5, 5.41) is 3.15. The minimum absolute atomic E-state index is 0.135. The second-order valence-corrected chi connectivity index (χ2v) is 5.44. The molecular weight excluding hydrogens is 246 g/mol. The van der Waals surface area contributed by atoms with Crippen LogP contribution in [0.15, 0.2) is 18.2 Å². The highest BCUT2D eigenvalue weighted by Gasteiger charge is 2.14. The summed E-state index contributed by atoms with van der Waals surface area (Å²) in [4.78, 5) is 2.45. The number of hydrogen-bond acceptors (Lipinski definition) is 2. The molecule has 1 atom stereocenters. The fourth-order valence-corrected chi connectivity index (χ4v) is 2.62. The van der Waals surface area contributed by atoms with E-state index in [-0.39, 0.29) is 12.1 Å². The van der Waals surface area contributed by atoms with Crippen molar-refractivity contribution in [2.24, 2.45) is 5.92 Å². The summed E-state index contributed by atoms with van der Waals surface area (Å²) in [5.74, 6) is -0.452. The van der Waals surface area contributed by atoms with Gasteiger partial charge in [0.2, 0.25) is 0 Å². The summed E-state index contributed by atoms with van der Waals surface area (Å²) in [7, 11) is 0. The Hall–Kier alpha value is -1.00. The summed E-state index contributed by atoms with van der Waals surface area (Å²) in [6.45, 7) is 6.64. The topological polar surface area (TPSA) is 15.3 Å². The number of halogens is 2. The van der Waals surface area contributed by atoms with Gasteiger partial charge in [-0.2, -0.15) is 0 Å². The van der Waals surface area contributed by atoms with E-state index < -0.39 is 11.6 Å². The smallest absolute Gasteiger partial charge is 0.130 e. The van der Waals surface area contributed by atoms with Gasteiger partial charge in [0.25, 0.3) is 0 Å². The number of benzene rings is 1. The minimum Gasteiger partial charge on any atom is -0.312 e. The van der Waals surface area contributed by atoms with Crippen molar-refractivity contribution in [3.63, 3.8) is 0 Å². The maximum Gasteiger partial charge on any atom is 0.130 e. The highest BCUT2D eigenvalue weighted by atomic mass is 19.1. The minimum atomic E-state index is -0.473. The Balaban J connectivity index is 1.73. The summed E-state index contributed by atoms with van der Waals surface area (Å²) in [6.07, 6.45) is 2.58. The number of rotatable bonds is 6. The first-order chi connectivity index (χ1) is 9.16. The van der Waals surface area contributed by atoms with Gasteiger partial charge >= 0.3 is 0 Å². The third kappa shape index (κ3) is 4.25. The fourth-order valence-electron chi connectivity index (χ4n) is 2.62. The van der Waals surface area contributed by atoms with Crippen molar-refractivity contribution in [1.29, 1.82) is 0 Å². The lowest BCUT2D eigenvalue weighted by Crippen LogP contribution is -2.31. The first-order valence-corrected chi connectivity index (χ1v) is 7.03. The zero-order valence-electron chi connectivity index (χ0n) is 11.5. The van der Waals surface area contributed by atoms with Crippen molar-refractivity contribution in [1.82, 2.24) is 10.2 Å². The van der Waals surface area contributed by atoms with Crippen LogP contribution in [0, 0.1) is 17.6 Å². The molecule has 0 aliphatic carbocycles. The molecule has 2 rings (SSSR count). The molecule has 1 aliphatic heterocycles. The van der Waals surface area contributed by atoms with Gasteiger partial charge < -0.3 is 10.2 Å². The zero-order valence-corrected chi connectivity index (χ0v) is 11.5. The molecule has 1 aliphatic rings. The van der Waals surface area contributed by atoms with Gasteiger partial charge in [0.1, 0.15) is 11.6 Å². The van der Waals surface area contributed by atoms with Crippen molar-refractivity contribution >= 4 is 0 Å². The Morgan fingerprint density at radius 2 is 1.84 bits per heavy atom. The Morgan fingerprint density at radius 3 is 2.47 bits per heavy atom. The molecule has 4 heteroatoms. The van der Waals surface area contributed by atoms with E-state index in [1.807, 2.05) is 0 Å². The molecule has 1 N–H and O–H groups in total. The van der Waals surface area contributed by atoms with E-state index in [0.29, 0.717) is 5.92 Å². The van der Waals surface area contributed by atoms with E-state index in [9.17, 15) is 8.78 Å². The lowest BCUT2D eigenvalue weighted by atomic mass is 10.1. The van der Waals surface area contributed by atoms with Crippen LogP contribution in [0.2, 0.25) is 0 Å². The second kappa shape index (κ2) is 6.96. The molecule has 0 spiro atoms. The van der Waals surface area contributed by atoms with Crippen molar-refractivity contribution in [2.75, 3.05) is 26.2 Å². The Morgan fingerprint density at radius 1 is 1.21 bits per heavy atom. The molecule has 1 aromatic carbocycles. The summed E-state index contributed by atoms with van der Waals surface area (Å²) in [6, 6.07) is 3.99. The molecule has 1 fully saturated rings. The largest absolute Gasteiger partial charge is 0.312 e. The average molecular weight is 268 g/mol. The summed E-state index contributed by atoms with van der Waals surface area (Å²) >= 11 is 0. The second-order valence-electron chi connectivity index (χ2n) is 5.44. The van der Waals surface area contributed by atoms with Gasteiger partial charge in [-0.1, -0.05) is 13.0 Å². The monoisotopic (exact) mass is 268 g/mol. The van der Waals surface area contributed by atoms with Gasteiger partial charge in [-0.25, -0.2) is 8.78 Å². The molecule has 0 aromatic heterocycles. The van der Waals surface area contributed by atoms with Crippen LogP contribution in [0.4, 0.5) is 8.78 Å². The van der Waals surface area contributed by atoms with E-state index in [0.717, 1.165) is 13.1 Å². The first-order valence-electron chi connectivity index (χ1n) is 7.03. The fraction of sp³-hybridized carbons (Fsp3) is 0.600. The molecule has 106 valence electrons. The summed E-state index contributed by atoms with van der Waals surface area (Å²) in [5.41, 5.74) is 0.135. The molecule has 0 amide bonds. The molecule has 0 saturated carbocycles. The number of hydrogen-bond donors (Lipinski definition) is 1. The van der Waals surface area contributed by atoms with Crippen LogP contribution in [0.5, 0.6) is 0 Å². The molecule has 2 nitrogen and oxygen atoms in total. The normalized spacial score (nSPS) is 17.8. The Bertz CT molecular complexity index is 383. The standard InChI is InChI=1S/C15H22F2N2/c1-12(11-19-7-2-3-8-19)9-18-10-13-14(16)5-4-6-15(13)17/h4-6,12,18H,2-3,7-11H2,1H3. The average Bonchev–Trinajstić information content (AvgIpc) is 2.85. The predicted octanol–water partition coefficient (Wildman–Crippen LogP) is 2.79. The van der Waals surface area contributed by atoms with Crippen LogP contribution in [0.1, 0.15) is 25.3 Å². The van der Waals surface area contributed by atoms with Gasteiger partial charge in [0.05, 0.1) is 0 Å². The SMILES string of the molecule is CC(CNCc1c(F)cccc1F)CN1CCCC1. The van der Waals surface area contributed by atoms with Gasteiger partial charge in [0.15, 0.2) is 0 Å². The van der Waals surface area contributed by atoms with E-state index >= 15 is 0 Å². The Kier molecular flexibility index (Phi) is 5.28. The lowest BCUT2D eigenvalue weighted by Gasteiger charge is -2.20. The van der Waals surface area contributed by atoms with Gasteiger partial charge in [-0.05, 0) is 50.5 Å². The van der Waals surface area contributed by atoms with Gasteiger partial charge in [0, 0.05) is 18.7 Å². The van der Waals surface area contributed by atoms with Crippen molar-refractivity contribution in [3.05, 3.63) is 35.4 Å². The number of likely N-dealkylation sites (tertiary alicyclic amines) is 1. The molecular formula is C15H22F2N2. The third-order valence-electron chi connectivity index (χ3n) is 3.62. The molecule has 1 heterocycles. The maximum atomic E-state index is 13.4. The third-order valence-corrected chi connectivity index (χ3v) is 3.62. The lowest BCUT2D eigenvalue weighted by molar-refractivity contribution is 0.282. The maximum absolute atomic E-state index is 13.4. The van der Waals surface area contributed by atoms with Crippen LogP contribution in [0.25, 0.3) is 0 Å². The zero-order chi connectivity index (χ0) is 13.7. The van der Waals surface area contributed by atoms with Crippen LogP contribution in [0.3, 0.4) is 0 Å². The quantitative estimate of drug-likeness (QED) is 0.853. The Labute approximate surface area is 113 Å². The van der Waals surface area contributed by atoms with Crippen molar-refractivity contribution in [2.45, 2.75) is 26.3 Å². The molecule has 1 saturated heterocycles. The molecule has 1 aromatic rings. The highest BCUT2D eigenvalue weighted by Crippen LogP contribution is 2.12. The van der Waals surface area contributed by atoms with Crippen LogP contribution >= 0.6 is 0 Å². The van der Waals surface area contributed by atoms with Crippen molar-refractivity contribution in [3.8, 4) is 0 Å². The molecule has 0 radical (unpaired) electrons. The van der Waals surface area contributed by atoms with E-state index in [1.165, 1.54) is 44.1 Å². The summed E-state index contributed by atoms with van der Waals surface area (Å²) < 4.78 is 26.8. The van der Waals surface area contributed by atoms with Crippen LogP contribution in [-0.2, 0) is 6.54 Å². The van der Waals surface area contributed by atoms with Gasteiger partial charge in [-0.15, -0.1) is 0 Å². The highest BCUT2D eigenvalue weighted by molar-refractivity contribution is 5.19. The number of nitrogens with zero attached hydrogens (tertiary/aromatic N) is 1. The molecule has 0 bridgehead atoms. The van der Waals surface area contributed by atoms with E-state index in [4.69, 9.17) is 0 Å². The predicted molar refractivity (Wildman–Crippen MR) is 72.9 cm³/mol. The first kappa shape index (κ1) is 14.4. The van der Waals surface area contributed by atoms with E-state index in [2.05, 4.69) is 17.1 Å². The molecule has 1 unspecified atom stereocenters. The number of nitrogens with one attached hydrogen (secondary N) is 1. The molecule has 19 heavy (non-hydrogen) atoms.